The lowest BCUT2D eigenvalue weighted by atomic mass is 10.2. The number of anilines is 2. The summed E-state index contributed by atoms with van der Waals surface area (Å²) in [6.07, 6.45) is 0. The highest BCUT2D eigenvalue weighted by atomic mass is 32.2. The van der Waals surface area contributed by atoms with Crippen molar-refractivity contribution < 1.29 is 8.78 Å². The average molecular weight is 495 g/mol. The summed E-state index contributed by atoms with van der Waals surface area (Å²) in [5.74, 6) is 0.781. The number of aromatic nitrogens is 4. The Morgan fingerprint density at radius 2 is 1.19 bits per heavy atom. The molecule has 160 valence electrons. The van der Waals surface area contributed by atoms with E-state index < -0.39 is 0 Å². The molecule has 12 heteroatoms. The first kappa shape index (κ1) is 21.9. The third-order valence-electron chi connectivity index (χ3n) is 3.79. The number of benzene rings is 2. The Labute approximate surface area is 193 Å². The molecule has 2 N–H and O–H groups in total. The lowest BCUT2D eigenvalue weighted by Crippen LogP contribution is -2.11. The molecule has 0 unspecified atom stereocenters. The summed E-state index contributed by atoms with van der Waals surface area (Å²) < 4.78 is 28.1. The highest BCUT2D eigenvalue weighted by molar-refractivity contribution is 8.00. The summed E-state index contributed by atoms with van der Waals surface area (Å²) in [5, 5.41) is 24.1. The molecule has 4 rings (SSSR count). The van der Waals surface area contributed by atoms with Gasteiger partial charge in [0.05, 0.1) is 6.67 Å². The number of hydrogen-bond acceptors (Lipinski definition) is 10. The molecule has 4 aromatic rings. The van der Waals surface area contributed by atoms with E-state index in [4.69, 9.17) is 0 Å². The maximum atomic E-state index is 13.2. The van der Waals surface area contributed by atoms with Gasteiger partial charge in [0.25, 0.3) is 0 Å². The maximum absolute atomic E-state index is 13.2. The van der Waals surface area contributed by atoms with Gasteiger partial charge < -0.3 is 10.6 Å². The van der Waals surface area contributed by atoms with Crippen LogP contribution >= 0.6 is 46.2 Å². The van der Waals surface area contributed by atoms with Crippen LogP contribution in [0.2, 0.25) is 0 Å². The number of nitrogens with one attached hydrogen (secondary N) is 2. The van der Waals surface area contributed by atoms with E-state index in [2.05, 4.69) is 31.0 Å². The molecule has 0 aliphatic carbocycles. The second-order valence-electron chi connectivity index (χ2n) is 6.11. The van der Waals surface area contributed by atoms with Crippen LogP contribution in [0.25, 0.3) is 0 Å². The molecule has 0 radical (unpaired) electrons. The van der Waals surface area contributed by atoms with Crippen LogP contribution in [0.3, 0.4) is 0 Å². The number of halogens is 2. The van der Waals surface area contributed by atoms with Crippen LogP contribution < -0.4 is 10.6 Å². The minimum atomic E-state index is -0.240. The van der Waals surface area contributed by atoms with Gasteiger partial charge in [-0.1, -0.05) is 70.5 Å². The lowest BCUT2D eigenvalue weighted by Gasteiger charge is -2.01. The summed E-state index contributed by atoms with van der Waals surface area (Å²) in [5.41, 5.74) is 1.80. The monoisotopic (exact) mass is 494 g/mol. The Morgan fingerprint density at radius 3 is 1.65 bits per heavy atom. The standard InChI is InChI=1S/C19H16F2N6S4/c20-14-5-1-3-12(7-14)9-28-18-26-24-16(30-18)22-11-23-17-25-27-19(31-17)29-10-13-4-2-6-15(21)8-13/h1-8H,9-11H2,(H,22,24)(H,23,25). The number of hydrogen-bond donors (Lipinski definition) is 2. The molecular formula is C19H16F2N6S4. The second-order valence-corrected chi connectivity index (χ2v) is 10.5. The molecule has 0 aliphatic rings. The number of rotatable bonds is 10. The van der Waals surface area contributed by atoms with Crippen molar-refractivity contribution in [1.29, 1.82) is 0 Å². The summed E-state index contributed by atoms with van der Waals surface area (Å²) in [6, 6.07) is 13.1. The first-order valence-corrected chi connectivity index (χ1v) is 12.6. The smallest absolute Gasteiger partial charge is 0.207 e. The molecule has 6 nitrogen and oxygen atoms in total. The molecule has 0 aliphatic heterocycles. The SMILES string of the molecule is Fc1cccc(CSc2nnc(NCNc3nnc(SCc4cccc(F)c4)s3)s2)c1. The molecule has 2 aromatic carbocycles. The van der Waals surface area contributed by atoms with Crippen LogP contribution in [0.4, 0.5) is 19.0 Å². The van der Waals surface area contributed by atoms with Gasteiger partial charge in [-0.3, -0.25) is 0 Å². The quantitative estimate of drug-likeness (QED) is 0.214. The van der Waals surface area contributed by atoms with E-state index in [0.717, 1.165) is 19.8 Å². The van der Waals surface area contributed by atoms with E-state index in [9.17, 15) is 8.78 Å². The molecule has 0 saturated heterocycles. The minimum absolute atomic E-state index is 0.240. The third-order valence-corrected chi connectivity index (χ3v) is 7.97. The van der Waals surface area contributed by atoms with Crippen molar-refractivity contribution >= 4 is 56.5 Å². The predicted octanol–water partition coefficient (Wildman–Crippen LogP) is 5.73. The van der Waals surface area contributed by atoms with Crippen LogP contribution in [0, 0.1) is 11.6 Å². The summed E-state index contributed by atoms with van der Waals surface area (Å²) in [7, 11) is 0. The molecule has 0 saturated carbocycles. The molecule has 0 amide bonds. The van der Waals surface area contributed by atoms with E-state index in [1.54, 1.807) is 12.1 Å². The Morgan fingerprint density at radius 1 is 0.710 bits per heavy atom. The highest BCUT2D eigenvalue weighted by Crippen LogP contribution is 2.30. The van der Waals surface area contributed by atoms with Gasteiger partial charge in [0.2, 0.25) is 10.3 Å². The number of nitrogens with zero attached hydrogens (tertiary/aromatic N) is 4. The molecule has 31 heavy (non-hydrogen) atoms. The van der Waals surface area contributed by atoms with Crippen molar-refractivity contribution in [1.82, 2.24) is 20.4 Å². The van der Waals surface area contributed by atoms with Gasteiger partial charge in [-0.05, 0) is 35.4 Å². The zero-order valence-corrected chi connectivity index (χ0v) is 19.2. The van der Waals surface area contributed by atoms with Gasteiger partial charge in [-0.15, -0.1) is 20.4 Å². The minimum Gasteiger partial charge on any atom is -0.343 e. The van der Waals surface area contributed by atoms with E-state index in [1.165, 1.54) is 70.5 Å². The second kappa shape index (κ2) is 10.8. The summed E-state index contributed by atoms with van der Waals surface area (Å²) >= 11 is 5.89. The lowest BCUT2D eigenvalue weighted by molar-refractivity contribution is 0.626. The van der Waals surface area contributed by atoms with Crippen LogP contribution in [0.15, 0.2) is 57.2 Å². The van der Waals surface area contributed by atoms with E-state index in [0.29, 0.717) is 28.4 Å². The zero-order chi connectivity index (χ0) is 21.5. The zero-order valence-electron chi connectivity index (χ0n) is 15.9. The van der Waals surface area contributed by atoms with E-state index in [1.807, 2.05) is 12.1 Å². The van der Waals surface area contributed by atoms with Crippen LogP contribution in [0.1, 0.15) is 11.1 Å². The van der Waals surface area contributed by atoms with Crippen molar-refractivity contribution in [3.05, 3.63) is 71.3 Å². The van der Waals surface area contributed by atoms with Crippen molar-refractivity contribution in [2.24, 2.45) is 0 Å². The molecule has 0 fully saturated rings. The molecule has 0 atom stereocenters. The average Bonchev–Trinajstić information content (AvgIpc) is 3.40. The Bertz CT molecular complexity index is 1050. The van der Waals surface area contributed by atoms with Gasteiger partial charge in [0.1, 0.15) is 11.6 Å². The third kappa shape index (κ3) is 6.86. The van der Waals surface area contributed by atoms with Gasteiger partial charge >= 0.3 is 0 Å². The van der Waals surface area contributed by atoms with Crippen LogP contribution in [-0.2, 0) is 11.5 Å². The largest absolute Gasteiger partial charge is 0.343 e. The summed E-state index contributed by atoms with van der Waals surface area (Å²) in [4.78, 5) is 0. The van der Waals surface area contributed by atoms with Gasteiger partial charge in [0.15, 0.2) is 8.68 Å². The maximum Gasteiger partial charge on any atom is 0.207 e. The van der Waals surface area contributed by atoms with Crippen molar-refractivity contribution in [3.8, 4) is 0 Å². The van der Waals surface area contributed by atoms with Gasteiger partial charge in [-0.2, -0.15) is 0 Å². The van der Waals surface area contributed by atoms with E-state index in [-0.39, 0.29) is 11.6 Å². The Hall–Kier alpha value is -2.28. The van der Waals surface area contributed by atoms with Crippen molar-refractivity contribution in [2.45, 2.75) is 20.2 Å². The predicted molar refractivity (Wildman–Crippen MR) is 124 cm³/mol. The molecule has 2 aromatic heterocycles. The molecule has 2 heterocycles. The van der Waals surface area contributed by atoms with Crippen molar-refractivity contribution in [3.63, 3.8) is 0 Å². The van der Waals surface area contributed by atoms with Crippen LogP contribution in [0.5, 0.6) is 0 Å². The Kier molecular flexibility index (Phi) is 7.67. The molecule has 0 spiro atoms. The van der Waals surface area contributed by atoms with E-state index >= 15 is 0 Å². The fourth-order valence-electron chi connectivity index (χ4n) is 2.42. The summed E-state index contributed by atoms with van der Waals surface area (Å²) in [6.45, 7) is 0.423. The van der Waals surface area contributed by atoms with Crippen LogP contribution in [-0.4, -0.2) is 27.1 Å². The first-order valence-electron chi connectivity index (χ1n) is 9.03. The van der Waals surface area contributed by atoms with Gasteiger partial charge in [0, 0.05) is 11.5 Å². The molecule has 0 bridgehead atoms. The van der Waals surface area contributed by atoms with Crippen molar-refractivity contribution in [2.75, 3.05) is 17.3 Å². The molecular weight excluding hydrogens is 479 g/mol. The normalized spacial score (nSPS) is 10.9. The fraction of sp³-hybridized carbons (Fsp3) is 0.158. The Balaban J connectivity index is 1.19. The number of thioether (sulfide) groups is 2. The van der Waals surface area contributed by atoms with Gasteiger partial charge in [-0.25, -0.2) is 8.78 Å². The first-order chi connectivity index (χ1) is 15.1. The topological polar surface area (TPSA) is 75.6 Å². The highest BCUT2D eigenvalue weighted by Gasteiger charge is 2.08. The fourth-order valence-corrected chi connectivity index (χ4v) is 5.80.